The molecule has 0 radical (unpaired) electrons. The minimum absolute atomic E-state index is 0.0157. The third-order valence-corrected chi connectivity index (χ3v) is 6.08. The molecular formula is C23H40N6O3. The third kappa shape index (κ3) is 8.11. The number of furan rings is 1. The molecule has 1 unspecified atom stereocenters. The predicted octanol–water partition coefficient (Wildman–Crippen LogP) is 1.15. The highest BCUT2D eigenvalue weighted by Gasteiger charge is 2.24. The topological polar surface area (TPSA) is 85.6 Å². The van der Waals surface area contributed by atoms with E-state index in [1.165, 1.54) is 19.3 Å². The Kier molecular flexibility index (Phi) is 10.3. The van der Waals surface area contributed by atoms with Crippen molar-refractivity contribution < 1.29 is 13.9 Å². The first-order valence-corrected chi connectivity index (χ1v) is 11.9. The lowest BCUT2D eigenvalue weighted by Gasteiger charge is -2.33. The van der Waals surface area contributed by atoms with Gasteiger partial charge in [0.1, 0.15) is 12.3 Å². The minimum atomic E-state index is -0.0157. The third-order valence-electron chi connectivity index (χ3n) is 6.08. The summed E-state index contributed by atoms with van der Waals surface area (Å²) in [6, 6.07) is 4.14. The number of aliphatic imine (C=N–C) groups is 1. The van der Waals surface area contributed by atoms with Gasteiger partial charge in [0.2, 0.25) is 5.91 Å². The van der Waals surface area contributed by atoms with Gasteiger partial charge in [0.25, 0.3) is 0 Å². The summed E-state index contributed by atoms with van der Waals surface area (Å²) < 4.78 is 11.2. The summed E-state index contributed by atoms with van der Waals surface area (Å²) in [6.07, 6.45) is 6.47. The van der Waals surface area contributed by atoms with E-state index >= 15 is 0 Å². The van der Waals surface area contributed by atoms with Crippen LogP contribution in [-0.2, 0) is 9.53 Å². The molecule has 1 amide bonds. The summed E-state index contributed by atoms with van der Waals surface area (Å²) in [6.45, 7) is 8.42. The van der Waals surface area contributed by atoms with Crippen molar-refractivity contribution in [2.75, 3.05) is 79.7 Å². The molecule has 9 heteroatoms. The molecule has 1 atom stereocenters. The van der Waals surface area contributed by atoms with E-state index < -0.39 is 0 Å². The molecule has 0 saturated carbocycles. The van der Waals surface area contributed by atoms with Gasteiger partial charge in [-0.25, -0.2) is 4.99 Å². The van der Waals surface area contributed by atoms with Crippen LogP contribution in [0.4, 0.5) is 0 Å². The second kappa shape index (κ2) is 13.4. The van der Waals surface area contributed by atoms with Gasteiger partial charge in [0.05, 0.1) is 25.5 Å². The molecule has 2 saturated heterocycles. The maximum Gasteiger partial charge on any atom is 0.243 e. The van der Waals surface area contributed by atoms with Crippen molar-refractivity contribution in [3.05, 3.63) is 24.2 Å². The lowest BCUT2D eigenvalue weighted by Crippen LogP contribution is -2.45. The van der Waals surface area contributed by atoms with Gasteiger partial charge in [0, 0.05) is 40.3 Å². The van der Waals surface area contributed by atoms with E-state index in [9.17, 15) is 4.79 Å². The van der Waals surface area contributed by atoms with Crippen molar-refractivity contribution in [1.82, 2.24) is 25.3 Å². The molecule has 1 aromatic heterocycles. The van der Waals surface area contributed by atoms with Crippen LogP contribution < -0.4 is 10.6 Å². The number of amides is 1. The molecule has 2 aliphatic heterocycles. The number of likely N-dealkylation sites (tertiary alicyclic amines) is 1. The van der Waals surface area contributed by atoms with Gasteiger partial charge in [-0.05, 0) is 51.0 Å². The molecule has 9 nitrogen and oxygen atoms in total. The van der Waals surface area contributed by atoms with E-state index in [1.807, 2.05) is 12.1 Å². The Labute approximate surface area is 192 Å². The van der Waals surface area contributed by atoms with Gasteiger partial charge in [-0.15, -0.1) is 0 Å². The summed E-state index contributed by atoms with van der Waals surface area (Å²) in [4.78, 5) is 23.1. The molecule has 2 N–H and O–H groups in total. The summed E-state index contributed by atoms with van der Waals surface area (Å²) in [5, 5.41) is 6.89. The maximum absolute atomic E-state index is 12.1. The zero-order valence-corrected chi connectivity index (χ0v) is 19.7. The van der Waals surface area contributed by atoms with Crippen LogP contribution >= 0.6 is 0 Å². The normalized spacial score (nSPS) is 19.5. The summed E-state index contributed by atoms with van der Waals surface area (Å²) in [7, 11) is 3.51. The fraction of sp³-hybridized carbons (Fsp3) is 0.739. The van der Waals surface area contributed by atoms with E-state index in [-0.39, 0.29) is 18.5 Å². The Hall–Kier alpha value is -2.10. The largest absolute Gasteiger partial charge is 0.468 e. The molecule has 1 aromatic rings. The lowest BCUT2D eigenvalue weighted by atomic mass is 10.1. The van der Waals surface area contributed by atoms with Crippen LogP contribution in [0.5, 0.6) is 0 Å². The fourth-order valence-corrected chi connectivity index (χ4v) is 4.11. The molecule has 2 fully saturated rings. The van der Waals surface area contributed by atoms with Crippen LogP contribution in [0.15, 0.2) is 27.8 Å². The number of carbonyl (C=O) groups is 1. The number of carbonyl (C=O) groups excluding carboxylic acids is 1. The van der Waals surface area contributed by atoms with E-state index in [2.05, 4.69) is 25.4 Å². The number of guanidine groups is 1. The monoisotopic (exact) mass is 448 g/mol. The van der Waals surface area contributed by atoms with E-state index in [0.29, 0.717) is 12.5 Å². The van der Waals surface area contributed by atoms with Gasteiger partial charge in [0.15, 0.2) is 5.96 Å². The van der Waals surface area contributed by atoms with Crippen molar-refractivity contribution in [2.45, 2.75) is 31.7 Å². The summed E-state index contributed by atoms with van der Waals surface area (Å²) in [5.41, 5.74) is 0. The average molecular weight is 449 g/mol. The Morgan fingerprint density at radius 2 is 1.94 bits per heavy atom. The van der Waals surface area contributed by atoms with Crippen molar-refractivity contribution in [3.8, 4) is 0 Å². The van der Waals surface area contributed by atoms with Gasteiger partial charge < -0.3 is 24.7 Å². The number of nitrogens with zero attached hydrogens (tertiary/aromatic N) is 4. The molecule has 3 rings (SSSR count). The zero-order valence-electron chi connectivity index (χ0n) is 19.7. The summed E-state index contributed by atoms with van der Waals surface area (Å²) >= 11 is 0. The number of ether oxygens (including phenoxy) is 1. The molecule has 0 spiro atoms. The maximum atomic E-state index is 12.1. The SMILES string of the molecule is CN(C)C(=O)CN=C(NCCCN1CCOCC1)NCC(c1ccco1)N1CCCCC1. The second-order valence-corrected chi connectivity index (χ2v) is 8.70. The molecule has 0 aromatic carbocycles. The number of morpholine rings is 1. The molecule has 3 heterocycles. The van der Waals surface area contributed by atoms with Crippen LogP contribution in [0.1, 0.15) is 37.5 Å². The van der Waals surface area contributed by atoms with Crippen LogP contribution in [-0.4, -0.2) is 106 Å². The average Bonchev–Trinajstić information content (AvgIpc) is 3.35. The van der Waals surface area contributed by atoms with E-state index in [0.717, 1.165) is 64.7 Å². The number of likely N-dealkylation sites (N-methyl/N-ethyl adjacent to an activating group) is 1. The van der Waals surface area contributed by atoms with Crippen molar-refractivity contribution >= 4 is 11.9 Å². The van der Waals surface area contributed by atoms with Crippen LogP contribution in [0.3, 0.4) is 0 Å². The first-order chi connectivity index (χ1) is 15.6. The fourth-order valence-electron chi connectivity index (χ4n) is 4.11. The van der Waals surface area contributed by atoms with Gasteiger partial charge >= 0.3 is 0 Å². The zero-order chi connectivity index (χ0) is 22.6. The Morgan fingerprint density at radius 3 is 2.62 bits per heavy atom. The van der Waals surface area contributed by atoms with Gasteiger partial charge in [-0.2, -0.15) is 0 Å². The van der Waals surface area contributed by atoms with Gasteiger partial charge in [-0.1, -0.05) is 6.42 Å². The van der Waals surface area contributed by atoms with Gasteiger partial charge in [-0.3, -0.25) is 14.6 Å². The molecule has 0 aliphatic carbocycles. The highest BCUT2D eigenvalue weighted by Crippen LogP contribution is 2.24. The summed E-state index contributed by atoms with van der Waals surface area (Å²) in [5.74, 6) is 1.63. The van der Waals surface area contributed by atoms with E-state index in [4.69, 9.17) is 9.15 Å². The molecular weight excluding hydrogens is 408 g/mol. The van der Waals surface area contributed by atoms with Crippen LogP contribution in [0, 0.1) is 0 Å². The molecule has 180 valence electrons. The highest BCUT2D eigenvalue weighted by molar-refractivity contribution is 5.84. The van der Waals surface area contributed by atoms with Crippen LogP contribution in [0.2, 0.25) is 0 Å². The number of piperidine rings is 1. The standard InChI is InChI=1S/C23H40N6O3/c1-27(2)22(30)19-26-23(24-9-7-10-28-13-16-31-17-14-28)25-18-20(21-8-6-15-32-21)29-11-4-3-5-12-29/h6,8,15,20H,3-5,7,9-14,16-19H2,1-2H3,(H2,24,25,26). The number of rotatable bonds is 10. The first-order valence-electron chi connectivity index (χ1n) is 11.9. The lowest BCUT2D eigenvalue weighted by molar-refractivity contribution is -0.127. The Balaban J connectivity index is 1.55. The van der Waals surface area contributed by atoms with Crippen molar-refractivity contribution in [1.29, 1.82) is 0 Å². The number of nitrogens with one attached hydrogen (secondary N) is 2. The van der Waals surface area contributed by atoms with Crippen molar-refractivity contribution in [3.63, 3.8) is 0 Å². The molecule has 32 heavy (non-hydrogen) atoms. The number of hydrogen-bond donors (Lipinski definition) is 2. The minimum Gasteiger partial charge on any atom is -0.468 e. The Bertz CT molecular complexity index is 682. The van der Waals surface area contributed by atoms with E-state index in [1.54, 1.807) is 25.3 Å². The first kappa shape index (κ1) is 24.5. The van der Waals surface area contributed by atoms with Crippen molar-refractivity contribution in [2.24, 2.45) is 4.99 Å². The Morgan fingerprint density at radius 1 is 1.16 bits per heavy atom. The smallest absolute Gasteiger partial charge is 0.243 e. The number of hydrogen-bond acceptors (Lipinski definition) is 6. The second-order valence-electron chi connectivity index (χ2n) is 8.70. The molecule has 2 aliphatic rings. The highest BCUT2D eigenvalue weighted by atomic mass is 16.5. The molecule has 0 bridgehead atoms. The quantitative estimate of drug-likeness (QED) is 0.316. The predicted molar refractivity (Wildman–Crippen MR) is 126 cm³/mol. The van der Waals surface area contributed by atoms with Crippen LogP contribution in [0.25, 0.3) is 0 Å².